The maximum absolute atomic E-state index is 12.3. The smallest absolute Gasteiger partial charge is 0.724 e. The zero-order chi connectivity index (χ0) is 16.9. The van der Waals surface area contributed by atoms with Crippen molar-refractivity contribution in [1.82, 2.24) is 25.5 Å². The summed E-state index contributed by atoms with van der Waals surface area (Å²) in [5, 5.41) is 12.0. The molecule has 3 aliphatic heterocycles. The summed E-state index contributed by atoms with van der Waals surface area (Å²) < 4.78 is 42.4. The first-order valence-corrected chi connectivity index (χ1v) is 9.05. The molecule has 1 aromatic rings. The number of nitrogens with zero attached hydrogens (tertiary/aromatic N) is 4. The van der Waals surface area contributed by atoms with Gasteiger partial charge in [-0.15, -0.1) is 10.2 Å². The van der Waals surface area contributed by atoms with E-state index >= 15 is 0 Å². The topological polar surface area (TPSA) is 141 Å². The molecule has 132 valence electrons. The molecule has 3 saturated heterocycles. The van der Waals surface area contributed by atoms with Crippen molar-refractivity contribution in [2.45, 2.75) is 37.3 Å². The van der Waals surface area contributed by atoms with Gasteiger partial charge in [0.1, 0.15) is 6.04 Å². The van der Waals surface area contributed by atoms with Gasteiger partial charge in [-0.1, -0.05) is 0 Å². The third-order valence-electron chi connectivity index (χ3n) is 4.65. The highest BCUT2D eigenvalue weighted by Gasteiger charge is 2.48. The molecule has 0 aromatic carbocycles. The van der Waals surface area contributed by atoms with Gasteiger partial charge >= 0.3 is 7.46 Å². The minimum absolute atomic E-state index is 0. The first-order valence-electron chi connectivity index (χ1n) is 7.71. The van der Waals surface area contributed by atoms with E-state index in [4.69, 9.17) is 4.42 Å². The lowest BCUT2D eigenvalue weighted by atomic mass is 10.0. The Kier molecular flexibility index (Phi) is 3.71. The van der Waals surface area contributed by atoms with Crippen LogP contribution in [0.5, 0.6) is 0 Å². The Bertz CT molecular complexity index is 751. The lowest BCUT2D eigenvalue weighted by molar-refractivity contribution is -0.0328. The molecule has 11 nitrogen and oxygen atoms in total. The molecule has 0 aliphatic carbocycles. The lowest BCUT2D eigenvalue weighted by Gasteiger charge is -2.27. The van der Waals surface area contributed by atoms with E-state index < -0.39 is 28.5 Å². The summed E-state index contributed by atoms with van der Waals surface area (Å²) in [5.41, 5.74) is 0. The number of nitrogens with one attached hydrogen (secondary N) is 1. The van der Waals surface area contributed by atoms with Crippen molar-refractivity contribution in [3.63, 3.8) is 0 Å². The molecule has 0 saturated carbocycles. The highest BCUT2D eigenvalue weighted by atomic mass is 32.3. The van der Waals surface area contributed by atoms with Crippen LogP contribution in [0, 0.1) is 0 Å². The Labute approximate surface area is 139 Å². The van der Waals surface area contributed by atoms with Crippen LogP contribution in [0.15, 0.2) is 4.42 Å². The summed E-state index contributed by atoms with van der Waals surface area (Å²) in [6, 6.07) is -1.59. The number of piperidine rings is 1. The van der Waals surface area contributed by atoms with E-state index in [1.54, 1.807) is 0 Å². The fourth-order valence-electron chi connectivity index (χ4n) is 3.50. The number of urea groups is 1. The quantitative estimate of drug-likeness (QED) is 0.561. The van der Waals surface area contributed by atoms with Gasteiger partial charge in [0.05, 0.1) is 12.0 Å². The fourth-order valence-corrected chi connectivity index (χ4v) is 3.88. The number of hydrogen-bond donors (Lipinski definition) is 1. The standard InChI is InChI=1S/C12H17N5O6S/c18-12-16-6-8(17(12)23-24(19,20)21)1-2-9(16)11-15-14-10(22-11)7-3-4-13-5-7/h7-9,13H,1-6H2,(H,19,20,21)/t7-,8-,9+/m1/s1. The van der Waals surface area contributed by atoms with E-state index in [1.165, 1.54) is 4.90 Å². The van der Waals surface area contributed by atoms with Gasteiger partial charge < -0.3 is 19.2 Å². The van der Waals surface area contributed by atoms with Gasteiger partial charge in [0.2, 0.25) is 22.2 Å². The zero-order valence-corrected chi connectivity index (χ0v) is 13.4. The molecular formula is C12H17N5O6S. The number of hydrogen-bond acceptors (Lipinski definition) is 9. The van der Waals surface area contributed by atoms with Crippen molar-refractivity contribution in [2.24, 2.45) is 0 Å². The number of fused-ring (bicyclic) bond motifs is 2. The Morgan fingerprint density at radius 2 is 2.08 bits per heavy atom. The number of amides is 2. The monoisotopic (exact) mass is 359 g/mol. The van der Waals surface area contributed by atoms with Crippen LogP contribution in [0.1, 0.15) is 44.4 Å². The van der Waals surface area contributed by atoms with Gasteiger partial charge in [-0.2, -0.15) is 9.35 Å². The average molecular weight is 359 g/mol. The van der Waals surface area contributed by atoms with Crippen LogP contribution in [0.4, 0.5) is 4.79 Å². The molecule has 2 bridgehead atoms. The van der Waals surface area contributed by atoms with Gasteiger partial charge in [-0.25, -0.2) is 13.2 Å². The van der Waals surface area contributed by atoms with Crippen LogP contribution in [0.25, 0.3) is 0 Å². The molecule has 0 unspecified atom stereocenters. The van der Waals surface area contributed by atoms with Crippen LogP contribution in [-0.2, 0) is 14.7 Å². The van der Waals surface area contributed by atoms with Gasteiger partial charge in [-0.3, -0.25) is 0 Å². The molecular weight excluding hydrogens is 342 g/mol. The Morgan fingerprint density at radius 1 is 1.29 bits per heavy atom. The minimum Gasteiger partial charge on any atom is -0.724 e. The van der Waals surface area contributed by atoms with Gasteiger partial charge in [0.25, 0.3) is 0 Å². The van der Waals surface area contributed by atoms with Crippen LogP contribution in [0.3, 0.4) is 0 Å². The number of carbonyl (C=O) groups excluding carboxylic acids is 1. The summed E-state index contributed by atoms with van der Waals surface area (Å²) in [4.78, 5) is 13.7. The predicted molar refractivity (Wildman–Crippen MR) is 76.1 cm³/mol. The van der Waals surface area contributed by atoms with E-state index in [-0.39, 0.29) is 13.9 Å². The number of carbonyl (C=O) groups is 1. The highest BCUT2D eigenvalue weighted by molar-refractivity contribution is 7.80. The zero-order valence-electron chi connectivity index (χ0n) is 13.6. The minimum atomic E-state index is -5.00. The molecule has 24 heavy (non-hydrogen) atoms. The van der Waals surface area contributed by atoms with Crippen molar-refractivity contribution < 1.29 is 27.9 Å². The van der Waals surface area contributed by atoms with E-state index in [2.05, 4.69) is 19.8 Å². The molecule has 0 radical (unpaired) electrons. The molecule has 4 heterocycles. The number of aromatic nitrogens is 2. The fraction of sp³-hybridized carbons (Fsp3) is 0.750. The molecule has 12 heteroatoms. The summed E-state index contributed by atoms with van der Waals surface area (Å²) in [7, 11) is -5.00. The Balaban J connectivity index is 0.00000182. The molecule has 2 amide bonds. The number of rotatable bonds is 4. The van der Waals surface area contributed by atoms with Gasteiger partial charge in [0, 0.05) is 13.1 Å². The average Bonchev–Trinajstić information content (AvgIpc) is 3.24. The van der Waals surface area contributed by atoms with Gasteiger partial charge in [0.15, 0.2) is 0 Å². The Morgan fingerprint density at radius 3 is 2.79 bits per heavy atom. The summed E-state index contributed by atoms with van der Waals surface area (Å²) in [5.74, 6) is 1.04. The third kappa shape index (κ3) is 2.75. The Hall–Kier alpha value is -1.76. The van der Waals surface area contributed by atoms with Crippen LogP contribution >= 0.6 is 0 Å². The van der Waals surface area contributed by atoms with E-state index in [1.807, 2.05) is 0 Å². The molecule has 0 spiro atoms. The largest absolute Gasteiger partial charge is 1.00 e. The summed E-state index contributed by atoms with van der Waals surface area (Å²) in [6.45, 7) is 1.93. The van der Waals surface area contributed by atoms with E-state index in [9.17, 15) is 17.8 Å². The second-order valence-corrected chi connectivity index (χ2v) is 7.12. The van der Waals surface area contributed by atoms with Gasteiger partial charge in [-0.05, 0) is 25.8 Å². The van der Waals surface area contributed by atoms with Crippen LogP contribution in [-0.4, -0.2) is 64.8 Å². The second-order valence-electron chi connectivity index (χ2n) is 6.16. The van der Waals surface area contributed by atoms with E-state index in [0.29, 0.717) is 29.7 Å². The maximum atomic E-state index is 12.3. The normalized spacial score (nSPS) is 30.4. The van der Waals surface area contributed by atoms with Crippen molar-refractivity contribution in [3.8, 4) is 0 Å². The first kappa shape index (κ1) is 15.7. The second kappa shape index (κ2) is 5.65. The van der Waals surface area contributed by atoms with Crippen molar-refractivity contribution >= 4 is 16.4 Å². The highest BCUT2D eigenvalue weighted by Crippen LogP contribution is 2.38. The van der Waals surface area contributed by atoms with E-state index in [0.717, 1.165) is 19.5 Å². The molecule has 3 atom stereocenters. The van der Waals surface area contributed by atoms with Crippen LogP contribution < -0.4 is 5.32 Å². The molecule has 3 fully saturated rings. The molecule has 4 rings (SSSR count). The lowest BCUT2D eigenvalue weighted by Crippen LogP contribution is -2.35. The SMILES string of the molecule is O=C1N2C[C@@H](CC[C@H]2c2nnc([C@@H]3CCNC3)o2)N1OS(=O)(=O)[O-].[H+]. The summed E-state index contributed by atoms with van der Waals surface area (Å²) in [6.07, 6.45) is 1.92. The maximum Gasteiger partial charge on any atom is 1.00 e. The van der Waals surface area contributed by atoms with Crippen molar-refractivity contribution in [2.75, 3.05) is 19.6 Å². The van der Waals surface area contributed by atoms with Crippen molar-refractivity contribution in [3.05, 3.63) is 11.8 Å². The molecule has 1 N–H and O–H groups in total. The van der Waals surface area contributed by atoms with Crippen molar-refractivity contribution in [1.29, 1.82) is 0 Å². The predicted octanol–water partition coefficient (Wildman–Crippen LogP) is -0.408. The number of hydroxylamine groups is 2. The molecule has 1 aromatic heterocycles. The first-order chi connectivity index (χ1) is 11.4. The molecule has 3 aliphatic rings. The third-order valence-corrected chi connectivity index (χ3v) is 4.99. The van der Waals surface area contributed by atoms with Crippen LogP contribution in [0.2, 0.25) is 0 Å². The summed E-state index contributed by atoms with van der Waals surface area (Å²) >= 11 is 0.